The van der Waals surface area contributed by atoms with Gasteiger partial charge < -0.3 is 19.6 Å². The maximum absolute atomic E-state index is 13.4. The van der Waals surface area contributed by atoms with Crippen LogP contribution in [0.3, 0.4) is 0 Å². The molecule has 2 amide bonds. The molecule has 26 heavy (non-hydrogen) atoms. The van der Waals surface area contributed by atoms with E-state index < -0.39 is 0 Å². The number of carbonyl (C=O) groups excluding carboxylic acids is 1. The number of aliphatic hydroxyl groups is 1. The van der Waals surface area contributed by atoms with Crippen molar-refractivity contribution in [3.8, 4) is 5.75 Å². The van der Waals surface area contributed by atoms with Crippen LogP contribution in [0.15, 0.2) is 30.3 Å². The maximum atomic E-state index is 13.4. The van der Waals surface area contributed by atoms with Gasteiger partial charge in [0.15, 0.2) is 0 Å². The summed E-state index contributed by atoms with van der Waals surface area (Å²) in [5.41, 5.74) is 0. The molecule has 1 aromatic carbocycles. The van der Waals surface area contributed by atoms with E-state index in [1.54, 1.807) is 0 Å². The highest BCUT2D eigenvalue weighted by Gasteiger charge is 2.50. The average molecular weight is 356 g/mol. The van der Waals surface area contributed by atoms with Gasteiger partial charge in [-0.3, -0.25) is 0 Å². The molecule has 1 N–H and O–H groups in total. The summed E-state index contributed by atoms with van der Waals surface area (Å²) < 4.78 is 6.19. The van der Waals surface area contributed by atoms with Crippen LogP contribution in [0.4, 0.5) is 4.79 Å². The molecule has 4 atom stereocenters. The molecule has 4 aliphatic heterocycles. The number of nitrogens with zero attached hydrogens (tertiary/aromatic N) is 2. The lowest BCUT2D eigenvalue weighted by molar-refractivity contribution is 0.0188. The zero-order chi connectivity index (χ0) is 17.7. The molecular formula is C21H28N2O3. The smallest absolute Gasteiger partial charge is 0.321 e. The van der Waals surface area contributed by atoms with E-state index in [9.17, 15) is 9.90 Å². The number of carbonyl (C=O) groups is 1. The predicted octanol–water partition coefficient (Wildman–Crippen LogP) is 3.17. The Bertz CT molecular complexity index is 638. The molecule has 0 aromatic heterocycles. The molecule has 4 unspecified atom stereocenters. The summed E-state index contributed by atoms with van der Waals surface area (Å²) in [7, 11) is 0. The van der Waals surface area contributed by atoms with E-state index in [-0.39, 0.29) is 30.3 Å². The number of fused-ring (bicyclic) bond motifs is 4. The number of urea groups is 1. The standard InChI is InChI=1S/C21H28N2O3/c24-18-10-14-6-7-15(11-18)22(14)21(25)23-16-8-9-17(23)13-20(12-16)26-19-4-2-1-3-5-19/h1-5,14-18,20,24H,6-13H2. The van der Waals surface area contributed by atoms with Gasteiger partial charge in [-0.2, -0.15) is 0 Å². The maximum Gasteiger partial charge on any atom is 0.321 e. The molecule has 5 rings (SSSR count). The van der Waals surface area contributed by atoms with Crippen LogP contribution in [0.5, 0.6) is 5.75 Å². The van der Waals surface area contributed by atoms with E-state index in [2.05, 4.69) is 9.80 Å². The molecule has 4 aliphatic rings. The van der Waals surface area contributed by atoms with Gasteiger partial charge in [-0.15, -0.1) is 0 Å². The van der Waals surface area contributed by atoms with E-state index >= 15 is 0 Å². The highest BCUT2D eigenvalue weighted by Crippen LogP contribution is 2.42. The number of hydrogen-bond acceptors (Lipinski definition) is 3. The van der Waals surface area contributed by atoms with Crippen LogP contribution >= 0.6 is 0 Å². The highest BCUT2D eigenvalue weighted by molar-refractivity contribution is 5.77. The Labute approximate surface area is 154 Å². The largest absolute Gasteiger partial charge is 0.490 e. The van der Waals surface area contributed by atoms with E-state index in [4.69, 9.17) is 4.74 Å². The molecule has 5 heteroatoms. The number of benzene rings is 1. The van der Waals surface area contributed by atoms with E-state index in [0.29, 0.717) is 12.1 Å². The molecule has 0 spiro atoms. The number of piperidine rings is 2. The molecule has 0 saturated carbocycles. The Morgan fingerprint density at radius 1 is 0.846 bits per heavy atom. The Kier molecular flexibility index (Phi) is 4.07. The fraction of sp³-hybridized carbons (Fsp3) is 0.667. The van der Waals surface area contributed by atoms with E-state index in [1.807, 2.05) is 30.3 Å². The number of hydrogen-bond donors (Lipinski definition) is 1. The first-order chi connectivity index (χ1) is 12.7. The third-order valence-electron chi connectivity index (χ3n) is 6.89. The minimum absolute atomic E-state index is 0.207. The van der Waals surface area contributed by atoms with Crippen molar-refractivity contribution in [2.75, 3.05) is 0 Å². The van der Waals surface area contributed by atoms with Crippen molar-refractivity contribution >= 4 is 6.03 Å². The van der Waals surface area contributed by atoms with Crippen molar-refractivity contribution < 1.29 is 14.6 Å². The third kappa shape index (κ3) is 2.77. The van der Waals surface area contributed by atoms with Gasteiger partial charge in [-0.05, 0) is 50.7 Å². The van der Waals surface area contributed by atoms with Gasteiger partial charge in [-0.1, -0.05) is 18.2 Å². The molecule has 0 aliphatic carbocycles. The van der Waals surface area contributed by atoms with E-state index in [1.165, 1.54) is 0 Å². The zero-order valence-corrected chi connectivity index (χ0v) is 15.2. The van der Waals surface area contributed by atoms with Crippen LogP contribution in [0.1, 0.15) is 51.4 Å². The van der Waals surface area contributed by atoms with Crippen molar-refractivity contribution in [1.29, 1.82) is 0 Å². The van der Waals surface area contributed by atoms with Crippen LogP contribution in [-0.2, 0) is 0 Å². The van der Waals surface area contributed by atoms with Crippen molar-refractivity contribution in [2.24, 2.45) is 0 Å². The quantitative estimate of drug-likeness (QED) is 0.886. The van der Waals surface area contributed by atoms with Gasteiger partial charge in [0.2, 0.25) is 0 Å². The lowest BCUT2D eigenvalue weighted by Gasteiger charge is -2.45. The SMILES string of the molecule is O=C(N1C2CCC1CC(O)C2)N1C2CCC1CC(Oc1ccccc1)C2. The Morgan fingerprint density at radius 3 is 1.88 bits per heavy atom. The summed E-state index contributed by atoms with van der Waals surface area (Å²) in [5.74, 6) is 0.930. The van der Waals surface area contributed by atoms with Gasteiger partial charge in [0.1, 0.15) is 11.9 Å². The van der Waals surface area contributed by atoms with E-state index in [0.717, 1.165) is 57.1 Å². The number of amides is 2. The van der Waals surface area contributed by atoms with Crippen molar-refractivity contribution in [2.45, 2.75) is 87.7 Å². The number of ether oxygens (including phenoxy) is 1. The molecule has 4 heterocycles. The average Bonchev–Trinajstić information content (AvgIpc) is 3.06. The lowest BCUT2D eigenvalue weighted by Crippen LogP contribution is -2.58. The molecule has 1 aromatic rings. The van der Waals surface area contributed by atoms with Crippen LogP contribution in [-0.4, -0.2) is 57.3 Å². The summed E-state index contributed by atoms with van der Waals surface area (Å²) >= 11 is 0. The van der Waals surface area contributed by atoms with Gasteiger partial charge in [0, 0.05) is 37.0 Å². The monoisotopic (exact) mass is 356 g/mol. The van der Waals surface area contributed by atoms with Crippen molar-refractivity contribution in [1.82, 2.24) is 9.80 Å². The number of rotatable bonds is 2. The Balaban J connectivity index is 1.28. The van der Waals surface area contributed by atoms with Gasteiger partial charge in [0.05, 0.1) is 6.10 Å². The first-order valence-electron chi connectivity index (χ1n) is 10.2. The summed E-state index contributed by atoms with van der Waals surface area (Å²) in [6, 6.07) is 11.4. The molecule has 4 saturated heterocycles. The molecule has 4 bridgehead atoms. The minimum atomic E-state index is -0.224. The van der Waals surface area contributed by atoms with Crippen LogP contribution in [0.2, 0.25) is 0 Å². The second-order valence-electron chi connectivity index (χ2n) is 8.52. The second-order valence-corrected chi connectivity index (χ2v) is 8.52. The first-order valence-corrected chi connectivity index (χ1v) is 10.2. The summed E-state index contributed by atoms with van der Waals surface area (Å²) in [6.07, 6.45) is 7.65. The van der Waals surface area contributed by atoms with Crippen molar-refractivity contribution in [3.63, 3.8) is 0 Å². The molecule has 0 radical (unpaired) electrons. The molecule has 4 fully saturated rings. The highest BCUT2D eigenvalue weighted by atomic mass is 16.5. The topological polar surface area (TPSA) is 53.0 Å². The predicted molar refractivity (Wildman–Crippen MR) is 98.0 cm³/mol. The van der Waals surface area contributed by atoms with Crippen LogP contribution < -0.4 is 4.74 Å². The summed E-state index contributed by atoms with van der Waals surface area (Å²) in [4.78, 5) is 17.7. The van der Waals surface area contributed by atoms with Gasteiger partial charge in [0.25, 0.3) is 0 Å². The minimum Gasteiger partial charge on any atom is -0.490 e. The fourth-order valence-corrected chi connectivity index (χ4v) is 5.82. The molecule has 140 valence electrons. The lowest BCUT2D eigenvalue weighted by atomic mass is 9.98. The van der Waals surface area contributed by atoms with Crippen molar-refractivity contribution in [3.05, 3.63) is 30.3 Å². The first kappa shape index (κ1) is 16.4. The number of aliphatic hydroxyl groups excluding tert-OH is 1. The Hall–Kier alpha value is -1.75. The fourth-order valence-electron chi connectivity index (χ4n) is 5.82. The van der Waals surface area contributed by atoms with Gasteiger partial charge >= 0.3 is 6.03 Å². The number of para-hydroxylation sites is 1. The summed E-state index contributed by atoms with van der Waals surface area (Å²) in [5, 5.41) is 10.0. The van der Waals surface area contributed by atoms with Crippen LogP contribution in [0, 0.1) is 0 Å². The van der Waals surface area contributed by atoms with Gasteiger partial charge in [-0.25, -0.2) is 4.79 Å². The normalized spacial score (nSPS) is 38.5. The van der Waals surface area contributed by atoms with Crippen LogP contribution in [0.25, 0.3) is 0 Å². The second kappa shape index (κ2) is 6.45. The zero-order valence-electron chi connectivity index (χ0n) is 15.2. The molecular weight excluding hydrogens is 328 g/mol. The molecule has 5 nitrogen and oxygen atoms in total. The third-order valence-corrected chi connectivity index (χ3v) is 6.89. The summed E-state index contributed by atoms with van der Waals surface area (Å²) in [6.45, 7) is 0. The Morgan fingerprint density at radius 2 is 1.35 bits per heavy atom.